The van der Waals surface area contributed by atoms with Gasteiger partial charge in [-0.15, -0.1) is 0 Å². The molecule has 1 aliphatic carbocycles. The molecule has 0 aromatic heterocycles. The molecule has 0 unspecified atom stereocenters. The summed E-state index contributed by atoms with van der Waals surface area (Å²) in [6, 6.07) is 5.37. The zero-order valence-electron chi connectivity index (χ0n) is 13.1. The molecule has 22 heavy (non-hydrogen) atoms. The molecule has 0 radical (unpaired) electrons. The molecule has 1 saturated carbocycles. The number of benzene rings is 1. The molecule has 1 aliphatic rings. The van der Waals surface area contributed by atoms with Crippen molar-refractivity contribution >= 4 is 11.8 Å². The highest BCUT2D eigenvalue weighted by molar-refractivity contribution is 5.95. The van der Waals surface area contributed by atoms with Crippen molar-refractivity contribution in [2.75, 3.05) is 0 Å². The van der Waals surface area contributed by atoms with Gasteiger partial charge in [0.25, 0.3) is 5.91 Å². The second-order valence-electron chi connectivity index (χ2n) is 6.10. The standard InChI is InChI=1S/C17H23FN2O2/c1-12(2)17(22)20(15-6-4-3-5-7-15)19-16(21)13-8-10-14(18)11-9-13/h8-12,15H,3-7H2,1-2H3,(H,19,21). The normalized spacial score (nSPS) is 15.6. The number of amides is 2. The van der Waals surface area contributed by atoms with E-state index >= 15 is 0 Å². The molecule has 1 N–H and O–H groups in total. The van der Waals surface area contributed by atoms with E-state index in [1.807, 2.05) is 13.8 Å². The van der Waals surface area contributed by atoms with E-state index in [9.17, 15) is 14.0 Å². The molecular weight excluding hydrogens is 283 g/mol. The van der Waals surface area contributed by atoms with E-state index in [1.54, 1.807) is 0 Å². The maximum absolute atomic E-state index is 12.9. The SMILES string of the molecule is CC(C)C(=O)N(NC(=O)c1ccc(F)cc1)C1CCCCC1. The van der Waals surface area contributed by atoms with Gasteiger partial charge in [-0.25, -0.2) is 4.39 Å². The summed E-state index contributed by atoms with van der Waals surface area (Å²) in [5.41, 5.74) is 3.07. The molecule has 0 spiro atoms. The summed E-state index contributed by atoms with van der Waals surface area (Å²) in [5.74, 6) is -1.03. The van der Waals surface area contributed by atoms with Crippen molar-refractivity contribution in [3.63, 3.8) is 0 Å². The Kier molecular flexibility index (Phi) is 5.52. The largest absolute Gasteiger partial charge is 0.273 e. The summed E-state index contributed by atoms with van der Waals surface area (Å²) in [7, 11) is 0. The van der Waals surface area contributed by atoms with E-state index < -0.39 is 0 Å². The number of nitrogens with one attached hydrogen (secondary N) is 1. The number of nitrogens with zero attached hydrogens (tertiary/aromatic N) is 1. The fraction of sp³-hybridized carbons (Fsp3) is 0.529. The van der Waals surface area contributed by atoms with Gasteiger partial charge in [0.15, 0.2) is 0 Å². The van der Waals surface area contributed by atoms with Crippen molar-refractivity contribution in [2.24, 2.45) is 5.92 Å². The maximum atomic E-state index is 12.9. The summed E-state index contributed by atoms with van der Waals surface area (Å²) in [6.07, 6.45) is 5.12. The number of rotatable bonds is 3. The molecule has 0 heterocycles. The Balaban J connectivity index is 2.12. The number of carbonyl (C=O) groups is 2. The first-order valence-electron chi connectivity index (χ1n) is 7.88. The highest BCUT2D eigenvalue weighted by Crippen LogP contribution is 2.23. The van der Waals surface area contributed by atoms with Crippen LogP contribution >= 0.6 is 0 Å². The number of halogens is 1. The van der Waals surface area contributed by atoms with Crippen molar-refractivity contribution in [3.8, 4) is 0 Å². The molecule has 1 fully saturated rings. The van der Waals surface area contributed by atoms with Gasteiger partial charge < -0.3 is 0 Å². The van der Waals surface area contributed by atoms with Crippen molar-refractivity contribution in [2.45, 2.75) is 52.0 Å². The number of carbonyl (C=O) groups excluding carboxylic acids is 2. The minimum Gasteiger partial charge on any atom is -0.273 e. The van der Waals surface area contributed by atoms with Crippen molar-refractivity contribution in [1.29, 1.82) is 0 Å². The Morgan fingerprint density at radius 1 is 1.14 bits per heavy atom. The van der Waals surface area contributed by atoms with Gasteiger partial charge in [0.05, 0.1) is 6.04 Å². The Morgan fingerprint density at radius 2 is 1.73 bits per heavy atom. The van der Waals surface area contributed by atoms with Crippen LogP contribution in [0.15, 0.2) is 24.3 Å². The van der Waals surface area contributed by atoms with E-state index in [0.717, 1.165) is 25.7 Å². The molecule has 120 valence electrons. The summed E-state index contributed by atoms with van der Waals surface area (Å²) in [5, 5.41) is 1.50. The maximum Gasteiger partial charge on any atom is 0.269 e. The molecule has 2 amide bonds. The molecule has 1 aromatic rings. The smallest absolute Gasteiger partial charge is 0.269 e. The fourth-order valence-electron chi connectivity index (χ4n) is 2.72. The van der Waals surface area contributed by atoms with Crippen LogP contribution in [0.4, 0.5) is 4.39 Å². The Labute approximate surface area is 130 Å². The van der Waals surface area contributed by atoms with E-state index in [0.29, 0.717) is 5.56 Å². The van der Waals surface area contributed by atoms with Crippen LogP contribution in [-0.4, -0.2) is 22.9 Å². The Hall–Kier alpha value is -1.91. The predicted octanol–water partition coefficient (Wildman–Crippen LogP) is 3.29. The minimum atomic E-state index is -0.390. The first-order chi connectivity index (χ1) is 10.5. The molecular formula is C17H23FN2O2. The van der Waals surface area contributed by atoms with Gasteiger partial charge >= 0.3 is 0 Å². The Bertz CT molecular complexity index is 522. The Morgan fingerprint density at radius 3 is 2.27 bits per heavy atom. The zero-order chi connectivity index (χ0) is 16.1. The fourth-order valence-corrected chi connectivity index (χ4v) is 2.72. The van der Waals surface area contributed by atoms with Gasteiger partial charge in [-0.05, 0) is 37.1 Å². The quantitative estimate of drug-likeness (QED) is 0.871. The molecule has 0 bridgehead atoms. The first-order valence-corrected chi connectivity index (χ1v) is 7.88. The molecule has 1 aromatic carbocycles. The van der Waals surface area contributed by atoms with Crippen LogP contribution in [-0.2, 0) is 4.79 Å². The molecule has 0 saturated heterocycles. The van der Waals surface area contributed by atoms with Gasteiger partial charge in [0.2, 0.25) is 5.91 Å². The monoisotopic (exact) mass is 306 g/mol. The molecule has 0 aliphatic heterocycles. The van der Waals surface area contributed by atoms with E-state index in [4.69, 9.17) is 0 Å². The highest BCUT2D eigenvalue weighted by Gasteiger charge is 2.28. The highest BCUT2D eigenvalue weighted by atomic mass is 19.1. The van der Waals surface area contributed by atoms with Gasteiger partial charge in [0.1, 0.15) is 5.82 Å². The predicted molar refractivity (Wildman–Crippen MR) is 82.4 cm³/mol. The number of hydrogen-bond acceptors (Lipinski definition) is 2. The minimum absolute atomic E-state index is 0.0491. The van der Waals surface area contributed by atoms with Gasteiger partial charge in [-0.2, -0.15) is 0 Å². The molecule has 2 rings (SSSR count). The van der Waals surface area contributed by atoms with Gasteiger partial charge in [-0.3, -0.25) is 20.0 Å². The third kappa shape index (κ3) is 4.06. The van der Waals surface area contributed by atoms with E-state index in [1.165, 1.54) is 35.7 Å². The number of hydrogen-bond donors (Lipinski definition) is 1. The number of hydrazine groups is 1. The topological polar surface area (TPSA) is 49.4 Å². The van der Waals surface area contributed by atoms with Crippen molar-refractivity contribution in [3.05, 3.63) is 35.6 Å². The second kappa shape index (κ2) is 7.38. The van der Waals surface area contributed by atoms with Crippen LogP contribution in [0, 0.1) is 11.7 Å². The second-order valence-corrected chi connectivity index (χ2v) is 6.10. The van der Waals surface area contributed by atoms with Gasteiger partial charge in [0, 0.05) is 11.5 Å². The lowest BCUT2D eigenvalue weighted by atomic mass is 9.94. The van der Waals surface area contributed by atoms with Crippen LogP contribution in [0.1, 0.15) is 56.3 Å². The van der Waals surface area contributed by atoms with Crippen LogP contribution < -0.4 is 5.43 Å². The van der Waals surface area contributed by atoms with Gasteiger partial charge in [-0.1, -0.05) is 33.1 Å². The molecule has 0 atom stereocenters. The molecule has 5 heteroatoms. The summed E-state index contributed by atoms with van der Waals surface area (Å²) in [6.45, 7) is 3.64. The average molecular weight is 306 g/mol. The first kappa shape index (κ1) is 16.5. The van der Waals surface area contributed by atoms with Crippen molar-refractivity contribution < 1.29 is 14.0 Å². The van der Waals surface area contributed by atoms with Crippen LogP contribution in [0.25, 0.3) is 0 Å². The third-order valence-electron chi connectivity index (χ3n) is 4.00. The average Bonchev–Trinajstić information content (AvgIpc) is 2.53. The van der Waals surface area contributed by atoms with E-state index in [2.05, 4.69) is 5.43 Å². The zero-order valence-corrected chi connectivity index (χ0v) is 13.1. The van der Waals surface area contributed by atoms with Crippen LogP contribution in [0.3, 0.4) is 0 Å². The lowest BCUT2D eigenvalue weighted by Crippen LogP contribution is -2.53. The summed E-state index contributed by atoms with van der Waals surface area (Å²) in [4.78, 5) is 24.7. The van der Waals surface area contributed by atoms with Crippen molar-refractivity contribution in [1.82, 2.24) is 10.4 Å². The lowest BCUT2D eigenvalue weighted by Gasteiger charge is -2.35. The summed E-state index contributed by atoms with van der Waals surface area (Å²) < 4.78 is 12.9. The van der Waals surface area contributed by atoms with Crippen LogP contribution in [0.2, 0.25) is 0 Å². The molecule has 4 nitrogen and oxygen atoms in total. The summed E-state index contributed by atoms with van der Waals surface area (Å²) >= 11 is 0. The lowest BCUT2D eigenvalue weighted by molar-refractivity contribution is -0.140. The van der Waals surface area contributed by atoms with E-state index in [-0.39, 0.29) is 29.6 Å². The van der Waals surface area contributed by atoms with Crippen LogP contribution in [0.5, 0.6) is 0 Å². The third-order valence-corrected chi connectivity index (χ3v) is 4.00.